The van der Waals surface area contributed by atoms with Crippen molar-refractivity contribution in [3.05, 3.63) is 57.8 Å². The summed E-state index contributed by atoms with van der Waals surface area (Å²) in [5, 5.41) is 5.23. The Morgan fingerprint density at radius 3 is 2.95 bits per heavy atom. The molecule has 2 heterocycles. The number of hydrogen-bond acceptors (Lipinski definition) is 2. The predicted octanol–water partition coefficient (Wildman–Crippen LogP) is 1.61. The summed E-state index contributed by atoms with van der Waals surface area (Å²) in [5.41, 5.74) is 2.70. The van der Waals surface area contributed by atoms with Gasteiger partial charge in [0.05, 0.1) is 6.54 Å². The Morgan fingerprint density at radius 2 is 2.14 bits per heavy atom. The minimum absolute atomic E-state index is 0.163. The molecular formula is C18H23N2OS+. The average molecular weight is 315 g/mol. The highest BCUT2D eigenvalue weighted by molar-refractivity contribution is 7.10. The van der Waals surface area contributed by atoms with Crippen LogP contribution in [0.2, 0.25) is 0 Å². The first-order valence-corrected chi connectivity index (χ1v) is 8.83. The van der Waals surface area contributed by atoms with E-state index in [0.29, 0.717) is 19.1 Å². The van der Waals surface area contributed by atoms with Crippen LogP contribution in [0.4, 0.5) is 0 Å². The minimum atomic E-state index is 0.163. The van der Waals surface area contributed by atoms with Crippen molar-refractivity contribution in [3.63, 3.8) is 0 Å². The van der Waals surface area contributed by atoms with E-state index in [9.17, 15) is 4.79 Å². The first-order chi connectivity index (χ1) is 10.7. The quantitative estimate of drug-likeness (QED) is 0.863. The number of amides is 1. The van der Waals surface area contributed by atoms with Gasteiger partial charge in [-0.25, -0.2) is 0 Å². The second kappa shape index (κ2) is 7.07. The number of nitrogens with one attached hydrogen (secondary N) is 2. The summed E-state index contributed by atoms with van der Waals surface area (Å²) in [7, 11) is 0. The van der Waals surface area contributed by atoms with E-state index in [0.717, 1.165) is 19.4 Å². The Labute approximate surface area is 136 Å². The number of thiophene rings is 1. The highest BCUT2D eigenvalue weighted by Crippen LogP contribution is 2.24. The zero-order valence-electron chi connectivity index (χ0n) is 13.0. The molecule has 1 aromatic carbocycles. The van der Waals surface area contributed by atoms with Gasteiger partial charge in [-0.3, -0.25) is 4.79 Å². The number of rotatable bonds is 5. The van der Waals surface area contributed by atoms with Gasteiger partial charge in [-0.2, -0.15) is 0 Å². The van der Waals surface area contributed by atoms with Gasteiger partial charge in [0, 0.05) is 23.4 Å². The molecule has 2 N–H and O–H groups in total. The van der Waals surface area contributed by atoms with E-state index in [1.807, 2.05) is 29.5 Å². The van der Waals surface area contributed by atoms with Crippen molar-refractivity contribution in [1.29, 1.82) is 0 Å². The topological polar surface area (TPSA) is 33.5 Å². The molecule has 0 saturated heterocycles. The molecule has 0 bridgehead atoms. The van der Waals surface area contributed by atoms with Gasteiger partial charge in [0.15, 0.2) is 6.54 Å². The molecule has 0 spiro atoms. The highest BCUT2D eigenvalue weighted by Gasteiger charge is 2.29. The largest absolute Gasteiger partial charge is 0.351 e. The Kier molecular flexibility index (Phi) is 4.90. The lowest BCUT2D eigenvalue weighted by Crippen LogP contribution is -3.14. The van der Waals surface area contributed by atoms with Crippen LogP contribution in [0.5, 0.6) is 0 Å². The maximum Gasteiger partial charge on any atom is 0.275 e. The molecule has 1 amide bonds. The van der Waals surface area contributed by atoms with Crippen LogP contribution in [-0.4, -0.2) is 25.5 Å². The van der Waals surface area contributed by atoms with Crippen LogP contribution in [-0.2, 0) is 17.6 Å². The van der Waals surface area contributed by atoms with E-state index in [4.69, 9.17) is 0 Å². The van der Waals surface area contributed by atoms with E-state index in [2.05, 4.69) is 35.8 Å². The van der Waals surface area contributed by atoms with Crippen molar-refractivity contribution in [3.8, 4) is 0 Å². The Balaban J connectivity index is 1.46. The van der Waals surface area contributed by atoms with E-state index in [1.165, 1.54) is 20.9 Å². The Hall–Kier alpha value is -1.65. The molecule has 0 aliphatic carbocycles. The Morgan fingerprint density at radius 1 is 1.32 bits per heavy atom. The summed E-state index contributed by atoms with van der Waals surface area (Å²) in [6, 6.07) is 12.9. The molecule has 22 heavy (non-hydrogen) atoms. The second-order valence-electron chi connectivity index (χ2n) is 5.94. The number of hydrogen-bond donors (Lipinski definition) is 2. The smallest absolute Gasteiger partial charge is 0.275 e. The summed E-state index contributed by atoms with van der Waals surface area (Å²) in [6.45, 7) is 4.58. The molecule has 3 nitrogen and oxygen atoms in total. The summed E-state index contributed by atoms with van der Waals surface area (Å²) in [4.78, 5) is 15.0. The summed E-state index contributed by atoms with van der Waals surface area (Å²) >= 11 is 1.85. The number of quaternary nitrogens is 1. The summed E-state index contributed by atoms with van der Waals surface area (Å²) < 4.78 is 0. The predicted molar refractivity (Wildman–Crippen MR) is 90.3 cm³/mol. The minimum Gasteiger partial charge on any atom is -0.351 e. The van der Waals surface area contributed by atoms with Crippen LogP contribution in [0.1, 0.15) is 29.0 Å². The van der Waals surface area contributed by atoms with Gasteiger partial charge in [0.1, 0.15) is 6.04 Å². The number of fused-ring (bicyclic) bond motifs is 1. The first kappa shape index (κ1) is 15.3. The van der Waals surface area contributed by atoms with Crippen molar-refractivity contribution < 1.29 is 9.69 Å². The second-order valence-corrected chi connectivity index (χ2v) is 6.94. The third-order valence-corrected chi connectivity index (χ3v) is 5.49. The van der Waals surface area contributed by atoms with Crippen LogP contribution in [0.25, 0.3) is 0 Å². The van der Waals surface area contributed by atoms with Crippen LogP contribution in [0, 0.1) is 0 Å². The lowest BCUT2D eigenvalue weighted by Gasteiger charge is -2.29. The highest BCUT2D eigenvalue weighted by atomic mass is 32.1. The molecule has 0 radical (unpaired) electrons. The third kappa shape index (κ3) is 3.57. The number of carbonyl (C=O) groups excluding carboxylic acids is 1. The van der Waals surface area contributed by atoms with Gasteiger partial charge >= 0.3 is 0 Å². The van der Waals surface area contributed by atoms with Gasteiger partial charge in [0.25, 0.3) is 5.91 Å². The molecule has 2 atom stereocenters. The standard InChI is InChI=1S/C18H22N2OS/c1-14-16-9-12-22-17(16)8-11-20(14)13-18(21)19-10-7-15-5-3-2-4-6-15/h2-6,9,12,14H,7-8,10-11,13H2,1H3,(H,19,21)/p+1/t14-/m0/s1. The lowest BCUT2D eigenvalue weighted by atomic mass is 10.0. The first-order valence-electron chi connectivity index (χ1n) is 7.95. The number of benzene rings is 1. The molecule has 1 aliphatic heterocycles. The molecule has 1 aromatic heterocycles. The molecule has 2 aromatic rings. The van der Waals surface area contributed by atoms with Gasteiger partial charge < -0.3 is 10.2 Å². The van der Waals surface area contributed by atoms with Crippen LogP contribution in [0.3, 0.4) is 0 Å². The monoisotopic (exact) mass is 315 g/mol. The summed E-state index contributed by atoms with van der Waals surface area (Å²) in [6.07, 6.45) is 2.00. The van der Waals surface area contributed by atoms with E-state index >= 15 is 0 Å². The molecule has 1 unspecified atom stereocenters. The zero-order chi connectivity index (χ0) is 15.4. The van der Waals surface area contributed by atoms with E-state index in [1.54, 1.807) is 0 Å². The SMILES string of the molecule is C[C@H]1c2ccsc2CC[NH+]1CC(=O)NCCc1ccccc1. The molecule has 0 saturated carbocycles. The van der Waals surface area contributed by atoms with Crippen LogP contribution in [0.15, 0.2) is 41.8 Å². The fourth-order valence-corrected chi connectivity index (χ4v) is 4.13. The van der Waals surface area contributed by atoms with E-state index < -0.39 is 0 Å². The van der Waals surface area contributed by atoms with Gasteiger partial charge in [0.2, 0.25) is 0 Å². The Bertz CT molecular complexity index is 623. The molecule has 1 aliphatic rings. The maximum absolute atomic E-state index is 12.2. The molecule has 3 rings (SSSR count). The molecule has 116 valence electrons. The number of carbonyl (C=O) groups is 1. The zero-order valence-corrected chi connectivity index (χ0v) is 13.8. The lowest BCUT2D eigenvalue weighted by molar-refractivity contribution is -0.924. The van der Waals surface area contributed by atoms with Crippen molar-refractivity contribution >= 4 is 17.2 Å². The third-order valence-electron chi connectivity index (χ3n) is 4.50. The van der Waals surface area contributed by atoms with Crippen LogP contribution >= 0.6 is 11.3 Å². The van der Waals surface area contributed by atoms with Crippen molar-refractivity contribution in [2.45, 2.75) is 25.8 Å². The van der Waals surface area contributed by atoms with Gasteiger partial charge in [-0.05, 0) is 30.4 Å². The van der Waals surface area contributed by atoms with Crippen molar-refractivity contribution in [2.75, 3.05) is 19.6 Å². The normalized spacial score (nSPS) is 20.4. The molecule has 0 fully saturated rings. The van der Waals surface area contributed by atoms with Crippen molar-refractivity contribution in [2.24, 2.45) is 0 Å². The van der Waals surface area contributed by atoms with Gasteiger partial charge in [-0.15, -0.1) is 11.3 Å². The van der Waals surface area contributed by atoms with E-state index in [-0.39, 0.29) is 5.91 Å². The molecule has 4 heteroatoms. The fraction of sp³-hybridized carbons (Fsp3) is 0.389. The molecular weight excluding hydrogens is 292 g/mol. The van der Waals surface area contributed by atoms with Gasteiger partial charge in [-0.1, -0.05) is 30.3 Å². The van der Waals surface area contributed by atoms with Crippen LogP contribution < -0.4 is 10.2 Å². The average Bonchev–Trinajstić information content (AvgIpc) is 3.01. The fourth-order valence-electron chi connectivity index (χ4n) is 3.15. The van der Waals surface area contributed by atoms with Crippen molar-refractivity contribution in [1.82, 2.24) is 5.32 Å². The summed E-state index contributed by atoms with van der Waals surface area (Å²) in [5.74, 6) is 0.163. The maximum atomic E-state index is 12.2.